The molecule has 4 nitrogen and oxygen atoms in total. The molecular formula is C58H35N3O. The summed E-state index contributed by atoms with van der Waals surface area (Å²) in [5, 5.41) is 10.7. The highest BCUT2D eigenvalue weighted by atomic mass is 16.3. The van der Waals surface area contributed by atoms with E-state index in [1.807, 2.05) is 18.2 Å². The van der Waals surface area contributed by atoms with Crippen LogP contribution in [0.2, 0.25) is 0 Å². The lowest BCUT2D eigenvalue weighted by Crippen LogP contribution is -1.97. The van der Waals surface area contributed by atoms with Crippen molar-refractivity contribution >= 4 is 76.2 Å². The van der Waals surface area contributed by atoms with Gasteiger partial charge in [0.15, 0.2) is 11.4 Å². The molecule has 13 aromatic rings. The first-order valence-electron chi connectivity index (χ1n) is 21.1. The Hall–Kier alpha value is -8.34. The maximum absolute atomic E-state index is 6.62. The van der Waals surface area contributed by atoms with Gasteiger partial charge in [-0.3, -0.25) is 0 Å². The van der Waals surface area contributed by atoms with Gasteiger partial charge in [0, 0.05) is 33.0 Å². The topological polar surface area (TPSA) is 43.9 Å². The van der Waals surface area contributed by atoms with Crippen molar-refractivity contribution in [3.05, 3.63) is 212 Å². The van der Waals surface area contributed by atoms with Gasteiger partial charge in [0.2, 0.25) is 0 Å². The average Bonchev–Trinajstić information content (AvgIpc) is 3.89. The molecule has 0 aliphatic heterocycles. The number of rotatable bonds is 5. The second kappa shape index (κ2) is 13.6. The minimum atomic E-state index is 0.647. The third-order valence-corrected chi connectivity index (χ3v) is 12.6. The molecule has 0 amide bonds. The van der Waals surface area contributed by atoms with Gasteiger partial charge < -0.3 is 8.98 Å². The zero-order valence-corrected chi connectivity index (χ0v) is 33.5. The lowest BCUT2D eigenvalue weighted by atomic mass is 9.92. The van der Waals surface area contributed by atoms with Crippen LogP contribution in [0, 0.1) is 0 Å². The molecule has 288 valence electrons. The van der Waals surface area contributed by atoms with Gasteiger partial charge in [-0.05, 0) is 115 Å². The molecule has 0 radical (unpaired) electrons. The van der Waals surface area contributed by atoms with Crippen LogP contribution in [0.15, 0.2) is 217 Å². The maximum Gasteiger partial charge on any atom is 0.180 e. The highest BCUT2D eigenvalue weighted by Crippen LogP contribution is 2.43. The smallest absolute Gasteiger partial charge is 0.180 e. The fourth-order valence-corrected chi connectivity index (χ4v) is 9.77. The Morgan fingerprint density at radius 1 is 0.371 bits per heavy atom. The summed E-state index contributed by atoms with van der Waals surface area (Å²) in [6.07, 6.45) is 0. The molecule has 62 heavy (non-hydrogen) atoms. The van der Waals surface area contributed by atoms with Crippen molar-refractivity contribution < 1.29 is 4.42 Å². The number of fused-ring (bicyclic) bond motifs is 10. The Bertz CT molecular complexity index is 3910. The Kier molecular flexibility index (Phi) is 7.57. The number of furan rings is 1. The first-order chi connectivity index (χ1) is 30.7. The second-order valence-electron chi connectivity index (χ2n) is 16.1. The predicted molar refractivity (Wildman–Crippen MR) is 258 cm³/mol. The van der Waals surface area contributed by atoms with Gasteiger partial charge in [-0.15, -0.1) is 0 Å². The molecule has 0 saturated heterocycles. The van der Waals surface area contributed by atoms with Crippen molar-refractivity contribution in [2.75, 3.05) is 0 Å². The van der Waals surface area contributed by atoms with E-state index >= 15 is 0 Å². The molecule has 0 fully saturated rings. The van der Waals surface area contributed by atoms with Gasteiger partial charge in [-0.1, -0.05) is 152 Å². The van der Waals surface area contributed by atoms with Crippen molar-refractivity contribution in [2.45, 2.75) is 0 Å². The van der Waals surface area contributed by atoms with Crippen molar-refractivity contribution in [3.8, 4) is 50.6 Å². The first kappa shape index (κ1) is 34.5. The Morgan fingerprint density at radius 2 is 1.02 bits per heavy atom. The van der Waals surface area contributed by atoms with E-state index in [-0.39, 0.29) is 0 Å². The average molecular weight is 790 g/mol. The molecule has 4 heteroatoms. The largest absolute Gasteiger partial charge is 0.452 e. The molecule has 3 heterocycles. The van der Waals surface area contributed by atoms with Crippen LogP contribution in [0.25, 0.3) is 127 Å². The fraction of sp³-hybridized carbons (Fsp3) is 0. The standard InChI is InChI=1S/C58H35N3O/c1-2-14-36(15-3-1)43-24-12-17-37-18-13-25-48(54(37)43)56-57-55(47-23-9-11-27-53(47)62-57)59-58(60-56)38-28-31-41(32-29-38)61-51-26-10-8-22-46(51)50-35-40(30-33-52(50)61)49-34-39-16-4-5-19-42(39)44-20-6-7-21-45(44)49/h1-35H. The van der Waals surface area contributed by atoms with E-state index in [1.54, 1.807) is 0 Å². The van der Waals surface area contributed by atoms with Gasteiger partial charge in [-0.2, -0.15) is 0 Å². The van der Waals surface area contributed by atoms with Gasteiger partial charge in [-0.25, -0.2) is 9.97 Å². The summed E-state index contributed by atoms with van der Waals surface area (Å²) in [5.74, 6) is 0.647. The predicted octanol–water partition coefficient (Wildman–Crippen LogP) is 15.6. The zero-order chi connectivity index (χ0) is 40.7. The van der Waals surface area contributed by atoms with Gasteiger partial charge in [0.05, 0.1) is 11.0 Å². The first-order valence-corrected chi connectivity index (χ1v) is 21.1. The number of benzene rings is 10. The normalized spacial score (nSPS) is 11.9. The zero-order valence-electron chi connectivity index (χ0n) is 33.5. The summed E-state index contributed by atoms with van der Waals surface area (Å²) in [4.78, 5) is 10.6. The summed E-state index contributed by atoms with van der Waals surface area (Å²) < 4.78 is 8.99. The van der Waals surface area contributed by atoms with E-state index in [2.05, 4.69) is 199 Å². The summed E-state index contributed by atoms with van der Waals surface area (Å²) in [6, 6.07) is 75.7. The van der Waals surface area contributed by atoms with Crippen molar-refractivity contribution in [2.24, 2.45) is 0 Å². The number of hydrogen-bond donors (Lipinski definition) is 0. The lowest BCUT2D eigenvalue weighted by Gasteiger charge is -2.13. The summed E-state index contributed by atoms with van der Waals surface area (Å²) >= 11 is 0. The Morgan fingerprint density at radius 3 is 1.85 bits per heavy atom. The lowest BCUT2D eigenvalue weighted by molar-refractivity contribution is 0.667. The van der Waals surface area contributed by atoms with Crippen LogP contribution >= 0.6 is 0 Å². The van der Waals surface area contributed by atoms with Crippen LogP contribution in [0.4, 0.5) is 0 Å². The molecule has 3 aromatic heterocycles. The van der Waals surface area contributed by atoms with Crippen LogP contribution in [0.5, 0.6) is 0 Å². The second-order valence-corrected chi connectivity index (χ2v) is 16.1. The monoisotopic (exact) mass is 789 g/mol. The third-order valence-electron chi connectivity index (χ3n) is 12.6. The van der Waals surface area contributed by atoms with E-state index in [0.29, 0.717) is 11.4 Å². The maximum atomic E-state index is 6.62. The third kappa shape index (κ3) is 5.27. The fourth-order valence-electron chi connectivity index (χ4n) is 9.77. The van der Waals surface area contributed by atoms with Crippen LogP contribution in [-0.4, -0.2) is 14.5 Å². The van der Waals surface area contributed by atoms with Crippen molar-refractivity contribution in [1.29, 1.82) is 0 Å². The molecule has 0 saturated carbocycles. The molecule has 0 atom stereocenters. The van der Waals surface area contributed by atoms with E-state index in [9.17, 15) is 0 Å². The molecule has 13 rings (SSSR count). The molecule has 0 unspecified atom stereocenters. The van der Waals surface area contributed by atoms with E-state index in [1.165, 1.54) is 43.4 Å². The highest BCUT2D eigenvalue weighted by molar-refractivity contribution is 6.16. The van der Waals surface area contributed by atoms with Gasteiger partial charge >= 0.3 is 0 Å². The van der Waals surface area contributed by atoms with Gasteiger partial charge in [0.25, 0.3) is 0 Å². The summed E-state index contributed by atoms with van der Waals surface area (Å²) in [5.41, 5.74) is 13.1. The van der Waals surface area contributed by atoms with E-state index in [4.69, 9.17) is 14.4 Å². The molecule has 0 bridgehead atoms. The Balaban J connectivity index is 0.971. The summed E-state index contributed by atoms with van der Waals surface area (Å²) in [7, 11) is 0. The van der Waals surface area contributed by atoms with E-state index < -0.39 is 0 Å². The van der Waals surface area contributed by atoms with Crippen molar-refractivity contribution in [1.82, 2.24) is 14.5 Å². The molecule has 10 aromatic carbocycles. The van der Waals surface area contributed by atoms with Crippen LogP contribution < -0.4 is 0 Å². The minimum absolute atomic E-state index is 0.647. The Labute approximate surface area is 356 Å². The quantitative estimate of drug-likeness (QED) is 0.163. The van der Waals surface area contributed by atoms with E-state index in [0.717, 1.165) is 71.9 Å². The van der Waals surface area contributed by atoms with Crippen LogP contribution in [0.1, 0.15) is 0 Å². The SMILES string of the molecule is c1ccc(-c2cccc3cccc(-c4nc(-c5ccc(-n6c7ccccc7c7cc(-c8cc9ccccc9c9ccccc89)ccc76)cc5)nc5c4oc4ccccc45)c23)cc1. The number of para-hydroxylation sites is 2. The molecule has 0 aliphatic rings. The van der Waals surface area contributed by atoms with Crippen molar-refractivity contribution in [3.63, 3.8) is 0 Å². The molecule has 0 aliphatic carbocycles. The number of aromatic nitrogens is 3. The minimum Gasteiger partial charge on any atom is -0.452 e. The number of hydrogen-bond acceptors (Lipinski definition) is 3. The molecule has 0 N–H and O–H groups in total. The molecular weight excluding hydrogens is 755 g/mol. The van der Waals surface area contributed by atoms with Crippen LogP contribution in [0.3, 0.4) is 0 Å². The van der Waals surface area contributed by atoms with Crippen LogP contribution in [-0.2, 0) is 0 Å². The highest BCUT2D eigenvalue weighted by Gasteiger charge is 2.22. The number of nitrogens with zero attached hydrogens (tertiary/aromatic N) is 3. The summed E-state index contributed by atoms with van der Waals surface area (Å²) in [6.45, 7) is 0. The van der Waals surface area contributed by atoms with Gasteiger partial charge in [0.1, 0.15) is 16.8 Å². The molecule has 0 spiro atoms.